The minimum absolute atomic E-state index is 1.08. The van der Waals surface area contributed by atoms with Gasteiger partial charge in [0.1, 0.15) is 0 Å². The topological polar surface area (TPSA) is 3.24 Å². The number of unbranched alkanes of at least 4 members (excludes halogenated alkanes) is 12. The fraction of sp³-hybridized carbons (Fsp3) is 0.778. The average molecular weight is 390 g/mol. The van der Waals surface area contributed by atoms with Gasteiger partial charge in [0, 0.05) is 19.6 Å². The smallest absolute Gasteiger partial charge is 0.0169 e. The first-order valence-electron chi connectivity index (χ1n) is 12.5. The Hall–Kier alpha value is -0.820. The molecule has 1 nitrogen and oxygen atoms in total. The molecule has 164 valence electrons. The summed E-state index contributed by atoms with van der Waals surface area (Å²) in [6, 6.07) is 0. The lowest BCUT2D eigenvalue weighted by Crippen LogP contribution is -2.24. The highest BCUT2D eigenvalue weighted by Crippen LogP contribution is 2.05. The van der Waals surface area contributed by atoms with E-state index in [0.717, 1.165) is 19.6 Å². The first kappa shape index (κ1) is 27.2. The summed E-state index contributed by atoms with van der Waals surface area (Å²) >= 11 is 0. The van der Waals surface area contributed by atoms with Crippen LogP contribution in [0.3, 0.4) is 0 Å². The van der Waals surface area contributed by atoms with Crippen molar-refractivity contribution in [3.63, 3.8) is 0 Å². The predicted molar refractivity (Wildman–Crippen MR) is 130 cm³/mol. The van der Waals surface area contributed by atoms with Gasteiger partial charge in [-0.1, -0.05) is 115 Å². The number of hydrogen-bond acceptors (Lipinski definition) is 1. The van der Waals surface area contributed by atoms with Crippen molar-refractivity contribution in [2.24, 2.45) is 0 Å². The lowest BCUT2D eigenvalue weighted by atomic mass is 10.1. The average Bonchev–Trinajstić information content (AvgIpc) is 2.71. The molecule has 0 aliphatic rings. The van der Waals surface area contributed by atoms with Crippen LogP contribution in [0, 0.1) is 0 Å². The van der Waals surface area contributed by atoms with Gasteiger partial charge in [-0.2, -0.15) is 0 Å². The van der Waals surface area contributed by atoms with Crippen LogP contribution in [0.15, 0.2) is 36.5 Å². The Morgan fingerprint density at radius 1 is 0.393 bits per heavy atom. The number of nitrogens with zero attached hydrogens (tertiary/aromatic N) is 1. The largest absolute Gasteiger partial charge is 0.292 e. The molecule has 28 heavy (non-hydrogen) atoms. The molecule has 0 aromatic carbocycles. The molecule has 0 aromatic heterocycles. The van der Waals surface area contributed by atoms with Gasteiger partial charge in [-0.25, -0.2) is 0 Å². The molecule has 1 heteroatoms. The molecule has 0 bridgehead atoms. The molecule has 0 aromatic rings. The van der Waals surface area contributed by atoms with E-state index in [1.54, 1.807) is 0 Å². The van der Waals surface area contributed by atoms with Crippen molar-refractivity contribution < 1.29 is 0 Å². The van der Waals surface area contributed by atoms with Gasteiger partial charge >= 0.3 is 0 Å². The van der Waals surface area contributed by atoms with Crippen LogP contribution in [-0.4, -0.2) is 24.5 Å². The van der Waals surface area contributed by atoms with Crippen LogP contribution in [0.1, 0.15) is 117 Å². The number of hydrogen-bond donors (Lipinski definition) is 0. The molecule has 0 rings (SSSR count). The van der Waals surface area contributed by atoms with Crippen LogP contribution in [0.4, 0.5) is 0 Å². The number of rotatable bonds is 21. The van der Waals surface area contributed by atoms with Gasteiger partial charge in [0.25, 0.3) is 0 Å². The quantitative estimate of drug-likeness (QED) is 0.140. The second-order valence-electron chi connectivity index (χ2n) is 8.18. The molecular formula is C27H51N. The first-order valence-corrected chi connectivity index (χ1v) is 12.5. The van der Waals surface area contributed by atoms with Gasteiger partial charge in [-0.15, -0.1) is 0 Å². The third-order valence-electron chi connectivity index (χ3n) is 5.26. The van der Waals surface area contributed by atoms with Crippen LogP contribution >= 0.6 is 0 Å². The molecule has 0 radical (unpaired) electrons. The highest BCUT2D eigenvalue weighted by Gasteiger charge is 1.98. The Morgan fingerprint density at radius 2 is 0.714 bits per heavy atom. The maximum atomic E-state index is 2.55. The van der Waals surface area contributed by atoms with E-state index >= 15 is 0 Å². The summed E-state index contributed by atoms with van der Waals surface area (Å²) in [6.07, 6.45) is 34.4. The zero-order valence-electron chi connectivity index (χ0n) is 19.6. The summed E-state index contributed by atoms with van der Waals surface area (Å²) in [4.78, 5) is 2.55. The summed E-state index contributed by atoms with van der Waals surface area (Å²) in [5, 5.41) is 0. The molecule has 0 aliphatic heterocycles. The maximum Gasteiger partial charge on any atom is 0.0169 e. The lowest BCUT2D eigenvalue weighted by molar-refractivity contribution is 0.371. The lowest BCUT2D eigenvalue weighted by Gasteiger charge is -2.16. The molecule has 0 atom stereocenters. The molecule has 0 saturated heterocycles. The van der Waals surface area contributed by atoms with E-state index in [2.05, 4.69) is 62.1 Å². The summed E-state index contributed by atoms with van der Waals surface area (Å²) in [7, 11) is 0. The van der Waals surface area contributed by atoms with E-state index in [-0.39, 0.29) is 0 Å². The molecule has 0 fully saturated rings. The number of allylic oxidation sites excluding steroid dienone is 3. The second-order valence-corrected chi connectivity index (χ2v) is 8.18. The minimum atomic E-state index is 1.08. The van der Waals surface area contributed by atoms with Crippen molar-refractivity contribution in [1.29, 1.82) is 0 Å². The van der Waals surface area contributed by atoms with E-state index in [4.69, 9.17) is 0 Å². The van der Waals surface area contributed by atoms with Gasteiger partial charge in [0.05, 0.1) is 0 Å². The van der Waals surface area contributed by atoms with Gasteiger partial charge in [-0.05, 0) is 38.5 Å². The van der Waals surface area contributed by atoms with Crippen LogP contribution in [0.25, 0.3) is 0 Å². The summed E-state index contributed by atoms with van der Waals surface area (Å²) < 4.78 is 0. The van der Waals surface area contributed by atoms with E-state index in [0.29, 0.717) is 0 Å². The summed E-state index contributed by atoms with van der Waals surface area (Å²) in [6.45, 7) is 10.1. The molecular weight excluding hydrogens is 338 g/mol. The zero-order chi connectivity index (χ0) is 20.5. The molecule has 0 amide bonds. The fourth-order valence-electron chi connectivity index (χ4n) is 3.31. The van der Waals surface area contributed by atoms with Crippen molar-refractivity contribution in [1.82, 2.24) is 4.90 Å². The predicted octanol–water partition coefficient (Wildman–Crippen LogP) is 8.87. The van der Waals surface area contributed by atoms with Gasteiger partial charge in [0.15, 0.2) is 0 Å². The Kier molecular flexibility index (Phi) is 23.5. The van der Waals surface area contributed by atoms with Gasteiger partial charge < -0.3 is 0 Å². The molecule has 0 spiro atoms. The van der Waals surface area contributed by atoms with Crippen molar-refractivity contribution in [3.8, 4) is 0 Å². The van der Waals surface area contributed by atoms with E-state index in [1.807, 2.05) is 0 Å². The monoisotopic (exact) mass is 389 g/mol. The van der Waals surface area contributed by atoms with E-state index in [9.17, 15) is 0 Å². The summed E-state index contributed by atoms with van der Waals surface area (Å²) in [5.41, 5.74) is 0. The Labute approximate surface area is 178 Å². The minimum Gasteiger partial charge on any atom is -0.292 e. The first-order chi connectivity index (χ1) is 13.8. The van der Waals surface area contributed by atoms with Crippen LogP contribution < -0.4 is 0 Å². The zero-order valence-corrected chi connectivity index (χ0v) is 19.6. The summed E-state index contributed by atoms with van der Waals surface area (Å²) in [5.74, 6) is 0. The molecule has 0 aliphatic carbocycles. The standard InChI is InChI=1S/C27H51N/c1-4-7-10-13-16-19-22-25-28(26-23-20-17-14-11-8-5-2)27-24-21-18-15-12-9-6-3/h19-24H,4-18,25-27H2,1-3H3/b22-19+,23-20+,24-21+. The van der Waals surface area contributed by atoms with Crippen molar-refractivity contribution in [3.05, 3.63) is 36.5 Å². The molecule has 0 heterocycles. The van der Waals surface area contributed by atoms with Crippen molar-refractivity contribution >= 4 is 0 Å². The van der Waals surface area contributed by atoms with Crippen molar-refractivity contribution in [2.75, 3.05) is 19.6 Å². The normalized spacial score (nSPS) is 12.4. The van der Waals surface area contributed by atoms with Crippen LogP contribution in [-0.2, 0) is 0 Å². The Bertz CT molecular complexity index is 309. The van der Waals surface area contributed by atoms with E-state index in [1.165, 1.54) is 96.3 Å². The van der Waals surface area contributed by atoms with Gasteiger partial charge in [-0.3, -0.25) is 4.90 Å². The van der Waals surface area contributed by atoms with E-state index < -0.39 is 0 Å². The molecule has 0 unspecified atom stereocenters. The third kappa shape index (κ3) is 21.5. The van der Waals surface area contributed by atoms with Crippen molar-refractivity contribution in [2.45, 2.75) is 117 Å². The van der Waals surface area contributed by atoms with Crippen LogP contribution in [0.2, 0.25) is 0 Å². The van der Waals surface area contributed by atoms with Gasteiger partial charge in [0.2, 0.25) is 0 Å². The maximum absolute atomic E-state index is 2.55. The molecule has 0 saturated carbocycles. The SMILES string of the molecule is CCCCCC/C=C/CN(C/C=C/CCCCCC)C/C=C/CCCCCC. The highest BCUT2D eigenvalue weighted by molar-refractivity contribution is 4.93. The Balaban J connectivity index is 4.12. The second kappa shape index (κ2) is 24.2. The highest BCUT2D eigenvalue weighted by atomic mass is 15.1. The molecule has 0 N–H and O–H groups in total. The Morgan fingerprint density at radius 3 is 1.00 bits per heavy atom. The fourth-order valence-corrected chi connectivity index (χ4v) is 3.31. The van der Waals surface area contributed by atoms with Crippen LogP contribution in [0.5, 0.6) is 0 Å². The third-order valence-corrected chi connectivity index (χ3v) is 5.26.